The van der Waals surface area contributed by atoms with Gasteiger partial charge >= 0.3 is 6.09 Å². The number of nitrogens with zero attached hydrogens (tertiary/aromatic N) is 4. The van der Waals surface area contributed by atoms with Crippen molar-refractivity contribution in [2.45, 2.75) is 19.8 Å². The van der Waals surface area contributed by atoms with Crippen LogP contribution >= 0.6 is 11.6 Å². The van der Waals surface area contributed by atoms with Crippen molar-refractivity contribution in [3.8, 4) is 0 Å². The molecular formula is C17H27ClN6O3. The molecule has 1 aromatic rings. The number of aromatic nitrogens is 2. The van der Waals surface area contributed by atoms with Crippen LogP contribution in [0.3, 0.4) is 0 Å². The van der Waals surface area contributed by atoms with Gasteiger partial charge in [0.2, 0.25) is 5.28 Å². The predicted molar refractivity (Wildman–Crippen MR) is 104 cm³/mol. The highest BCUT2D eigenvalue weighted by molar-refractivity contribution is 6.28. The average molecular weight is 399 g/mol. The molecule has 0 bridgehead atoms. The lowest BCUT2D eigenvalue weighted by atomic mass is 10.0. The molecule has 1 amide bonds. The molecule has 0 atom stereocenters. The first kappa shape index (κ1) is 19.8. The minimum Gasteiger partial charge on any atom is -0.449 e. The normalized spacial score (nSPS) is 17.6. The SMILES string of the molecule is CCCCOC(=O)N1CC(CNc2nc(Cl)nc(N3CCOCC3)c2N)C1. The molecule has 3 N–H and O–H groups in total. The molecule has 2 fully saturated rings. The van der Waals surface area contributed by atoms with Gasteiger partial charge in [0.25, 0.3) is 0 Å². The zero-order valence-electron chi connectivity index (χ0n) is 15.6. The summed E-state index contributed by atoms with van der Waals surface area (Å²) in [5, 5.41) is 3.41. The Morgan fingerprint density at radius 1 is 1.37 bits per heavy atom. The number of nitrogen functional groups attached to an aromatic ring is 1. The molecule has 0 aliphatic carbocycles. The number of nitrogens with one attached hydrogen (secondary N) is 1. The quantitative estimate of drug-likeness (QED) is 0.529. The maximum atomic E-state index is 11.8. The van der Waals surface area contributed by atoms with E-state index in [4.69, 9.17) is 26.8 Å². The number of ether oxygens (including phenoxy) is 2. The fourth-order valence-corrected chi connectivity index (χ4v) is 3.23. The highest BCUT2D eigenvalue weighted by Gasteiger charge is 2.31. The van der Waals surface area contributed by atoms with Gasteiger partial charge in [-0.05, 0) is 18.0 Å². The Hall–Kier alpha value is -2.00. The van der Waals surface area contributed by atoms with Gasteiger partial charge in [0, 0.05) is 38.6 Å². The summed E-state index contributed by atoms with van der Waals surface area (Å²) in [7, 11) is 0. The van der Waals surface area contributed by atoms with E-state index in [1.54, 1.807) is 4.90 Å². The average Bonchev–Trinajstić information content (AvgIpc) is 2.63. The van der Waals surface area contributed by atoms with Crippen LogP contribution in [0.15, 0.2) is 0 Å². The van der Waals surface area contributed by atoms with Crippen molar-refractivity contribution in [2.75, 3.05) is 68.5 Å². The van der Waals surface area contributed by atoms with E-state index in [2.05, 4.69) is 27.1 Å². The van der Waals surface area contributed by atoms with Gasteiger partial charge in [-0.2, -0.15) is 9.97 Å². The molecule has 10 heteroatoms. The number of nitrogens with two attached hydrogens (primary N) is 1. The number of carbonyl (C=O) groups excluding carboxylic acids is 1. The molecule has 3 rings (SSSR count). The number of amides is 1. The number of likely N-dealkylation sites (tertiary alicyclic amines) is 1. The monoisotopic (exact) mass is 398 g/mol. The second kappa shape index (κ2) is 9.27. The van der Waals surface area contributed by atoms with Crippen LogP contribution in [0.1, 0.15) is 19.8 Å². The molecule has 0 saturated carbocycles. The summed E-state index contributed by atoms with van der Waals surface area (Å²) in [4.78, 5) is 24.1. The number of anilines is 3. The van der Waals surface area contributed by atoms with Gasteiger partial charge in [-0.1, -0.05) is 13.3 Å². The van der Waals surface area contributed by atoms with E-state index in [1.807, 2.05) is 0 Å². The number of rotatable bonds is 7. The number of hydrogen-bond acceptors (Lipinski definition) is 8. The Balaban J connectivity index is 1.50. The van der Waals surface area contributed by atoms with Gasteiger partial charge in [0.1, 0.15) is 5.69 Å². The van der Waals surface area contributed by atoms with Crippen molar-refractivity contribution >= 4 is 35.0 Å². The highest BCUT2D eigenvalue weighted by Crippen LogP contribution is 2.30. The molecule has 2 aliphatic heterocycles. The first-order valence-corrected chi connectivity index (χ1v) is 9.77. The molecule has 150 valence electrons. The van der Waals surface area contributed by atoms with E-state index in [1.165, 1.54) is 0 Å². The van der Waals surface area contributed by atoms with Gasteiger partial charge in [0.05, 0.1) is 19.8 Å². The third-order valence-corrected chi connectivity index (χ3v) is 4.87. The maximum Gasteiger partial charge on any atom is 0.409 e. The Labute approximate surface area is 164 Å². The summed E-state index contributed by atoms with van der Waals surface area (Å²) in [5.41, 5.74) is 6.74. The van der Waals surface area contributed by atoms with Gasteiger partial charge in [-0.15, -0.1) is 0 Å². The molecule has 0 spiro atoms. The van der Waals surface area contributed by atoms with Crippen LogP contribution in [0.5, 0.6) is 0 Å². The first-order chi connectivity index (χ1) is 13.1. The van der Waals surface area contributed by atoms with E-state index < -0.39 is 0 Å². The second-order valence-electron chi connectivity index (χ2n) is 6.80. The number of hydrogen-bond donors (Lipinski definition) is 2. The van der Waals surface area contributed by atoms with Gasteiger partial charge in [0.15, 0.2) is 11.6 Å². The predicted octanol–water partition coefficient (Wildman–Crippen LogP) is 1.83. The zero-order chi connectivity index (χ0) is 19.2. The van der Waals surface area contributed by atoms with Gasteiger partial charge in [-0.25, -0.2) is 4.79 Å². The van der Waals surface area contributed by atoms with Gasteiger partial charge < -0.3 is 30.3 Å². The number of morpholine rings is 1. The number of carbonyl (C=O) groups is 1. The minimum atomic E-state index is -0.237. The molecule has 1 aromatic heterocycles. The molecule has 0 radical (unpaired) electrons. The fraction of sp³-hybridized carbons (Fsp3) is 0.706. The lowest BCUT2D eigenvalue weighted by Gasteiger charge is -2.38. The third kappa shape index (κ3) is 5.04. The highest BCUT2D eigenvalue weighted by atomic mass is 35.5. The molecule has 3 heterocycles. The van der Waals surface area contributed by atoms with E-state index in [0.29, 0.717) is 75.8 Å². The summed E-state index contributed by atoms with van der Waals surface area (Å²) in [5.74, 6) is 1.49. The maximum absolute atomic E-state index is 11.8. The summed E-state index contributed by atoms with van der Waals surface area (Å²) in [6, 6.07) is 0. The van der Waals surface area contributed by atoms with Gasteiger partial charge in [-0.3, -0.25) is 0 Å². The summed E-state index contributed by atoms with van der Waals surface area (Å²) in [6.07, 6.45) is 1.66. The molecule has 2 aliphatic rings. The lowest BCUT2D eigenvalue weighted by molar-refractivity contribution is 0.0566. The number of unbranched alkanes of at least 4 members (excludes halogenated alkanes) is 1. The Morgan fingerprint density at radius 2 is 2.11 bits per heavy atom. The standard InChI is InChI=1S/C17H27ClN6O3/c1-2-3-6-27-17(25)24-10-12(11-24)9-20-14-13(19)15(22-16(18)21-14)23-4-7-26-8-5-23/h12H,2-11,19H2,1H3,(H,20,21,22). The van der Waals surface area contributed by atoms with Crippen molar-refractivity contribution in [1.82, 2.24) is 14.9 Å². The van der Waals surface area contributed by atoms with Crippen molar-refractivity contribution in [2.24, 2.45) is 5.92 Å². The number of halogens is 1. The Kier molecular flexibility index (Phi) is 6.78. The Bertz CT molecular complexity index is 650. The van der Waals surface area contributed by atoms with Crippen molar-refractivity contribution < 1.29 is 14.3 Å². The summed E-state index contributed by atoms with van der Waals surface area (Å²) in [6.45, 7) is 7.22. The van der Waals surface area contributed by atoms with E-state index >= 15 is 0 Å². The van der Waals surface area contributed by atoms with Crippen LogP contribution in [0.2, 0.25) is 5.28 Å². The van der Waals surface area contributed by atoms with Crippen molar-refractivity contribution in [3.63, 3.8) is 0 Å². The van der Waals surface area contributed by atoms with Crippen LogP contribution in [-0.2, 0) is 9.47 Å². The molecule has 0 aromatic carbocycles. The first-order valence-electron chi connectivity index (χ1n) is 9.39. The third-order valence-electron chi connectivity index (χ3n) is 4.71. The van der Waals surface area contributed by atoms with Crippen LogP contribution in [0, 0.1) is 5.92 Å². The molecule has 9 nitrogen and oxygen atoms in total. The molecule has 0 unspecified atom stereocenters. The largest absolute Gasteiger partial charge is 0.449 e. The van der Waals surface area contributed by atoms with E-state index in [9.17, 15) is 4.79 Å². The van der Waals surface area contributed by atoms with Crippen molar-refractivity contribution in [1.29, 1.82) is 0 Å². The van der Waals surface area contributed by atoms with Crippen molar-refractivity contribution in [3.05, 3.63) is 5.28 Å². The molecule has 27 heavy (non-hydrogen) atoms. The van der Waals surface area contributed by atoms with Crippen LogP contribution < -0.4 is 16.0 Å². The Morgan fingerprint density at radius 3 is 2.81 bits per heavy atom. The minimum absolute atomic E-state index is 0.155. The fourth-order valence-electron chi connectivity index (χ4n) is 3.07. The van der Waals surface area contributed by atoms with Crippen LogP contribution in [0.4, 0.5) is 22.1 Å². The molecular weight excluding hydrogens is 372 g/mol. The van der Waals surface area contributed by atoms with E-state index in [-0.39, 0.29) is 11.4 Å². The lowest BCUT2D eigenvalue weighted by Crippen LogP contribution is -2.52. The summed E-state index contributed by atoms with van der Waals surface area (Å²) >= 11 is 6.08. The second-order valence-corrected chi connectivity index (χ2v) is 7.14. The zero-order valence-corrected chi connectivity index (χ0v) is 16.4. The topological polar surface area (TPSA) is 106 Å². The smallest absolute Gasteiger partial charge is 0.409 e. The summed E-state index contributed by atoms with van der Waals surface area (Å²) < 4.78 is 10.6. The van der Waals surface area contributed by atoms with E-state index in [0.717, 1.165) is 12.8 Å². The van der Waals surface area contributed by atoms with Crippen LogP contribution in [-0.4, -0.2) is 73.5 Å². The molecule has 2 saturated heterocycles. The van der Waals surface area contributed by atoms with Crippen LogP contribution in [0.25, 0.3) is 0 Å².